The first-order chi connectivity index (χ1) is 8.91. The topological polar surface area (TPSA) is 95.7 Å². The minimum atomic E-state index is -3.08. The van der Waals surface area contributed by atoms with Crippen LogP contribution >= 0.6 is 0 Å². The molecule has 2 N–H and O–H groups in total. The van der Waals surface area contributed by atoms with E-state index < -0.39 is 21.9 Å². The van der Waals surface area contributed by atoms with Gasteiger partial charge in [0.15, 0.2) is 9.84 Å². The van der Waals surface area contributed by atoms with E-state index in [9.17, 15) is 13.2 Å². The van der Waals surface area contributed by atoms with E-state index in [0.717, 1.165) is 0 Å². The molecular weight excluding hydrogens is 270 g/mol. The predicted octanol–water partition coefficient (Wildman–Crippen LogP) is 0.621. The first-order valence-electron chi connectivity index (χ1n) is 5.76. The van der Waals surface area contributed by atoms with Crippen LogP contribution in [0.15, 0.2) is 18.2 Å². The summed E-state index contributed by atoms with van der Waals surface area (Å²) in [5.74, 6) is -0.208. The van der Waals surface area contributed by atoms with Gasteiger partial charge in [0.25, 0.3) is 0 Å². The first-order valence-corrected chi connectivity index (χ1v) is 7.58. The number of rotatable bonds is 3. The molecule has 1 fully saturated rings. The summed E-state index contributed by atoms with van der Waals surface area (Å²) < 4.78 is 32.7. The monoisotopic (exact) mass is 285 g/mol. The summed E-state index contributed by atoms with van der Waals surface area (Å²) in [4.78, 5) is 11.9. The number of nitrogen functional groups attached to an aromatic ring is 1. The molecule has 7 heteroatoms. The number of nitrogens with two attached hydrogens (primary N) is 1. The van der Waals surface area contributed by atoms with Gasteiger partial charge in [-0.15, -0.1) is 0 Å². The highest BCUT2D eigenvalue weighted by atomic mass is 32.2. The molecular formula is C12H15NO5S. The van der Waals surface area contributed by atoms with Crippen LogP contribution in [0.1, 0.15) is 16.8 Å². The fourth-order valence-corrected chi connectivity index (χ4v) is 3.50. The van der Waals surface area contributed by atoms with Crippen LogP contribution in [0.5, 0.6) is 5.75 Å². The molecule has 6 nitrogen and oxygen atoms in total. The van der Waals surface area contributed by atoms with Gasteiger partial charge in [-0.1, -0.05) is 0 Å². The fraction of sp³-hybridized carbons (Fsp3) is 0.417. The van der Waals surface area contributed by atoms with E-state index in [1.165, 1.54) is 13.2 Å². The van der Waals surface area contributed by atoms with Gasteiger partial charge in [-0.25, -0.2) is 13.2 Å². The first kappa shape index (κ1) is 13.7. The van der Waals surface area contributed by atoms with Gasteiger partial charge in [0.05, 0.1) is 24.2 Å². The van der Waals surface area contributed by atoms with Gasteiger partial charge < -0.3 is 15.2 Å². The standard InChI is InChI=1S/C12H15NO5S/c1-17-8-2-3-11(13)10(6-8)12(14)18-9-4-5-19(15,16)7-9/h2-3,6,9H,4-5,7,13H2,1H3. The van der Waals surface area contributed by atoms with Crippen LogP contribution < -0.4 is 10.5 Å². The summed E-state index contributed by atoms with van der Waals surface area (Å²) in [6.45, 7) is 0. The Morgan fingerprint density at radius 2 is 2.16 bits per heavy atom. The van der Waals surface area contributed by atoms with Gasteiger partial charge in [-0.2, -0.15) is 0 Å². The zero-order valence-corrected chi connectivity index (χ0v) is 11.3. The largest absolute Gasteiger partial charge is 0.497 e. The summed E-state index contributed by atoms with van der Waals surface area (Å²) in [5, 5.41) is 0. The van der Waals surface area contributed by atoms with Crippen molar-refractivity contribution in [1.29, 1.82) is 0 Å². The Morgan fingerprint density at radius 1 is 1.42 bits per heavy atom. The van der Waals surface area contributed by atoms with E-state index in [2.05, 4.69) is 0 Å². The minimum Gasteiger partial charge on any atom is -0.497 e. The van der Waals surface area contributed by atoms with Crippen molar-refractivity contribution in [3.63, 3.8) is 0 Å². The van der Waals surface area contributed by atoms with Crippen LogP contribution in [-0.2, 0) is 14.6 Å². The average Bonchev–Trinajstić information content (AvgIpc) is 2.69. The number of hydrogen-bond acceptors (Lipinski definition) is 6. The zero-order chi connectivity index (χ0) is 14.0. The number of hydrogen-bond donors (Lipinski definition) is 1. The van der Waals surface area contributed by atoms with Crippen LogP contribution in [-0.4, -0.2) is 39.1 Å². The molecule has 0 amide bonds. The maximum absolute atomic E-state index is 11.9. The number of sulfone groups is 1. The number of benzene rings is 1. The van der Waals surface area contributed by atoms with E-state index in [1.807, 2.05) is 0 Å². The summed E-state index contributed by atoms with van der Waals surface area (Å²) in [7, 11) is -1.60. The van der Waals surface area contributed by atoms with E-state index in [4.69, 9.17) is 15.2 Å². The lowest BCUT2D eigenvalue weighted by Crippen LogP contribution is -2.20. The Morgan fingerprint density at radius 3 is 2.74 bits per heavy atom. The number of anilines is 1. The highest BCUT2D eigenvalue weighted by Gasteiger charge is 2.31. The molecule has 1 saturated heterocycles. The molecule has 0 saturated carbocycles. The second-order valence-corrected chi connectivity index (χ2v) is 6.61. The Balaban J connectivity index is 2.12. The van der Waals surface area contributed by atoms with Gasteiger partial charge in [-0.05, 0) is 24.6 Å². The quantitative estimate of drug-likeness (QED) is 0.646. The van der Waals surface area contributed by atoms with E-state index >= 15 is 0 Å². The molecule has 1 aromatic rings. The molecule has 1 heterocycles. The molecule has 0 spiro atoms. The van der Waals surface area contributed by atoms with Crippen molar-refractivity contribution in [2.75, 3.05) is 24.3 Å². The van der Waals surface area contributed by atoms with Crippen LogP contribution in [0.25, 0.3) is 0 Å². The van der Waals surface area contributed by atoms with Gasteiger partial charge in [0, 0.05) is 5.69 Å². The third kappa shape index (κ3) is 3.17. The molecule has 0 aromatic heterocycles. The smallest absolute Gasteiger partial charge is 0.340 e. The molecule has 0 bridgehead atoms. The lowest BCUT2D eigenvalue weighted by molar-refractivity contribution is 0.0357. The van der Waals surface area contributed by atoms with E-state index in [1.54, 1.807) is 12.1 Å². The average molecular weight is 285 g/mol. The highest BCUT2D eigenvalue weighted by molar-refractivity contribution is 7.91. The van der Waals surface area contributed by atoms with Crippen LogP contribution in [0.4, 0.5) is 5.69 Å². The lowest BCUT2D eigenvalue weighted by atomic mass is 10.1. The van der Waals surface area contributed by atoms with E-state index in [-0.39, 0.29) is 22.8 Å². The predicted molar refractivity (Wildman–Crippen MR) is 69.9 cm³/mol. The Kier molecular flexibility index (Phi) is 3.66. The second kappa shape index (κ2) is 5.08. The van der Waals surface area contributed by atoms with Crippen LogP contribution in [0.2, 0.25) is 0 Å². The van der Waals surface area contributed by atoms with E-state index in [0.29, 0.717) is 12.2 Å². The van der Waals surface area contributed by atoms with Gasteiger partial charge in [0.1, 0.15) is 11.9 Å². The van der Waals surface area contributed by atoms with Crippen molar-refractivity contribution in [2.24, 2.45) is 0 Å². The molecule has 2 rings (SSSR count). The Labute approximate surface area is 111 Å². The summed E-state index contributed by atoms with van der Waals surface area (Å²) in [6, 6.07) is 4.65. The third-order valence-electron chi connectivity index (χ3n) is 2.94. The van der Waals surface area contributed by atoms with Crippen molar-refractivity contribution in [3.8, 4) is 5.75 Å². The third-order valence-corrected chi connectivity index (χ3v) is 4.68. The van der Waals surface area contributed by atoms with Crippen molar-refractivity contribution >= 4 is 21.5 Å². The normalized spacial score (nSPS) is 21.0. The summed E-state index contributed by atoms with van der Waals surface area (Å²) in [6.07, 6.45) is -0.263. The molecule has 1 aliphatic heterocycles. The molecule has 1 aliphatic rings. The zero-order valence-electron chi connectivity index (χ0n) is 10.5. The van der Waals surface area contributed by atoms with Crippen molar-refractivity contribution in [3.05, 3.63) is 23.8 Å². The maximum atomic E-state index is 11.9. The van der Waals surface area contributed by atoms with Gasteiger partial charge in [-0.3, -0.25) is 0 Å². The maximum Gasteiger partial charge on any atom is 0.340 e. The van der Waals surface area contributed by atoms with Gasteiger partial charge in [0.2, 0.25) is 0 Å². The SMILES string of the molecule is COc1ccc(N)c(C(=O)OC2CCS(=O)(=O)C2)c1. The number of methoxy groups -OCH3 is 1. The van der Waals surface area contributed by atoms with Crippen molar-refractivity contribution in [1.82, 2.24) is 0 Å². The van der Waals surface area contributed by atoms with Crippen molar-refractivity contribution < 1.29 is 22.7 Å². The Bertz CT molecular complexity index is 596. The number of carbonyl (C=O) groups excluding carboxylic acids is 1. The summed E-state index contributed by atoms with van der Waals surface area (Å²) in [5.41, 5.74) is 6.15. The summed E-state index contributed by atoms with van der Waals surface area (Å²) >= 11 is 0. The second-order valence-electron chi connectivity index (χ2n) is 4.38. The molecule has 104 valence electrons. The van der Waals surface area contributed by atoms with Crippen LogP contribution in [0.3, 0.4) is 0 Å². The highest BCUT2D eigenvalue weighted by Crippen LogP contribution is 2.22. The minimum absolute atomic E-state index is 0.0541. The number of carbonyl (C=O) groups is 1. The molecule has 19 heavy (non-hydrogen) atoms. The van der Waals surface area contributed by atoms with Crippen LogP contribution in [0, 0.1) is 0 Å². The Hall–Kier alpha value is -1.76. The fourth-order valence-electron chi connectivity index (χ4n) is 1.91. The number of esters is 1. The molecule has 0 radical (unpaired) electrons. The molecule has 1 unspecified atom stereocenters. The van der Waals surface area contributed by atoms with Gasteiger partial charge >= 0.3 is 5.97 Å². The van der Waals surface area contributed by atoms with Crippen molar-refractivity contribution in [2.45, 2.75) is 12.5 Å². The number of ether oxygens (including phenoxy) is 2. The molecule has 1 atom stereocenters. The molecule has 0 aliphatic carbocycles. The molecule has 1 aromatic carbocycles. The lowest BCUT2D eigenvalue weighted by Gasteiger charge is -2.12.